The molecule has 0 aliphatic carbocycles. The van der Waals surface area contributed by atoms with Crippen LogP contribution in [0.2, 0.25) is 0 Å². The largest absolute Gasteiger partial charge is 0.545 e. The number of aromatic carboxylic acids is 1. The standard InChI is InChI=1S/C20H16N4O4/c1-2-28-20(27)15-16-18(23-14-9-4-3-8-13(14)22-16)24(17(15)21)12-7-5-6-11(10-12)19(25)26/h3-10H,2,21H2,1H3,(H,25,26)/p-1. The first-order chi connectivity index (χ1) is 13.5. The van der Waals surface area contributed by atoms with Crippen LogP contribution in [0.25, 0.3) is 27.9 Å². The smallest absolute Gasteiger partial charge is 0.344 e. The molecule has 0 saturated heterocycles. The summed E-state index contributed by atoms with van der Waals surface area (Å²) < 4.78 is 6.63. The molecule has 0 atom stereocenters. The Morgan fingerprint density at radius 3 is 2.50 bits per heavy atom. The van der Waals surface area contributed by atoms with E-state index in [4.69, 9.17) is 10.5 Å². The van der Waals surface area contributed by atoms with Gasteiger partial charge in [-0.2, -0.15) is 0 Å². The van der Waals surface area contributed by atoms with Crippen LogP contribution in [0.3, 0.4) is 0 Å². The maximum Gasteiger partial charge on any atom is 0.344 e. The number of hydrogen-bond acceptors (Lipinski definition) is 7. The Hall–Kier alpha value is -3.94. The van der Waals surface area contributed by atoms with Crippen LogP contribution in [0.1, 0.15) is 27.6 Å². The van der Waals surface area contributed by atoms with Gasteiger partial charge >= 0.3 is 5.97 Å². The number of anilines is 1. The Balaban J connectivity index is 2.09. The molecule has 8 nitrogen and oxygen atoms in total. The second kappa shape index (κ2) is 6.66. The fourth-order valence-corrected chi connectivity index (χ4v) is 3.10. The molecule has 0 saturated carbocycles. The molecule has 2 aromatic carbocycles. The molecule has 0 spiro atoms. The zero-order valence-electron chi connectivity index (χ0n) is 14.9. The Morgan fingerprint density at radius 1 is 1.11 bits per heavy atom. The number of ether oxygens (including phenoxy) is 1. The van der Waals surface area contributed by atoms with Crippen molar-refractivity contribution in [1.82, 2.24) is 14.5 Å². The molecule has 0 aliphatic rings. The van der Waals surface area contributed by atoms with Crippen molar-refractivity contribution in [2.75, 3.05) is 12.3 Å². The number of para-hydroxylation sites is 2. The van der Waals surface area contributed by atoms with Gasteiger partial charge in [0.2, 0.25) is 0 Å². The minimum atomic E-state index is -1.32. The number of carboxylic acid groups (broad SMARTS) is 1. The van der Waals surface area contributed by atoms with Gasteiger partial charge in [0.15, 0.2) is 5.65 Å². The number of esters is 1. The van der Waals surface area contributed by atoms with Crippen molar-refractivity contribution in [3.63, 3.8) is 0 Å². The Morgan fingerprint density at radius 2 is 1.82 bits per heavy atom. The Labute approximate surface area is 159 Å². The lowest BCUT2D eigenvalue weighted by molar-refractivity contribution is -0.255. The van der Waals surface area contributed by atoms with Gasteiger partial charge in [-0.05, 0) is 36.8 Å². The van der Waals surface area contributed by atoms with Crippen molar-refractivity contribution < 1.29 is 19.4 Å². The monoisotopic (exact) mass is 375 g/mol. The molecule has 2 aromatic heterocycles. The van der Waals surface area contributed by atoms with Gasteiger partial charge in [-0.15, -0.1) is 0 Å². The first kappa shape index (κ1) is 17.5. The molecule has 0 unspecified atom stereocenters. The second-order valence-corrected chi connectivity index (χ2v) is 6.04. The summed E-state index contributed by atoms with van der Waals surface area (Å²) in [6, 6.07) is 13.2. The van der Waals surface area contributed by atoms with Crippen LogP contribution in [0, 0.1) is 0 Å². The molecular weight excluding hydrogens is 360 g/mol. The number of nitrogen functional groups attached to an aromatic ring is 1. The lowest BCUT2D eigenvalue weighted by Crippen LogP contribution is -2.22. The lowest BCUT2D eigenvalue weighted by Gasteiger charge is -2.10. The molecule has 140 valence electrons. The van der Waals surface area contributed by atoms with Crippen LogP contribution in [-0.2, 0) is 4.74 Å². The number of carboxylic acids is 1. The molecule has 2 N–H and O–H groups in total. The highest BCUT2D eigenvalue weighted by atomic mass is 16.5. The molecule has 0 radical (unpaired) electrons. The first-order valence-corrected chi connectivity index (χ1v) is 8.56. The molecule has 2 heterocycles. The van der Waals surface area contributed by atoms with Crippen LogP contribution in [0.15, 0.2) is 48.5 Å². The SMILES string of the molecule is CCOC(=O)c1c(N)n(-c2cccc(C(=O)[O-])c2)c2nc3ccccc3nc12. The molecule has 4 rings (SSSR count). The van der Waals surface area contributed by atoms with E-state index in [2.05, 4.69) is 9.97 Å². The summed E-state index contributed by atoms with van der Waals surface area (Å²) in [7, 11) is 0. The van der Waals surface area contributed by atoms with E-state index < -0.39 is 11.9 Å². The van der Waals surface area contributed by atoms with Crippen LogP contribution in [0.4, 0.5) is 5.82 Å². The van der Waals surface area contributed by atoms with E-state index in [1.54, 1.807) is 31.2 Å². The van der Waals surface area contributed by atoms with Crippen molar-refractivity contribution >= 4 is 40.0 Å². The van der Waals surface area contributed by atoms with E-state index in [0.29, 0.717) is 22.4 Å². The van der Waals surface area contributed by atoms with Crippen molar-refractivity contribution in [2.45, 2.75) is 6.92 Å². The second-order valence-electron chi connectivity index (χ2n) is 6.04. The number of aromatic nitrogens is 3. The van der Waals surface area contributed by atoms with Gasteiger partial charge in [0, 0.05) is 5.69 Å². The number of nitrogens with two attached hydrogens (primary N) is 1. The fraction of sp³-hybridized carbons (Fsp3) is 0.100. The van der Waals surface area contributed by atoms with Gasteiger partial charge in [-0.1, -0.05) is 24.3 Å². The quantitative estimate of drug-likeness (QED) is 0.538. The highest BCUT2D eigenvalue weighted by molar-refractivity contribution is 6.09. The first-order valence-electron chi connectivity index (χ1n) is 8.56. The summed E-state index contributed by atoms with van der Waals surface area (Å²) in [5.74, 6) is -1.87. The lowest BCUT2D eigenvalue weighted by atomic mass is 10.2. The Kier molecular flexibility index (Phi) is 4.15. The number of nitrogens with zero attached hydrogens (tertiary/aromatic N) is 3. The van der Waals surface area contributed by atoms with Gasteiger partial charge < -0.3 is 20.4 Å². The normalized spacial score (nSPS) is 11.0. The number of fused-ring (bicyclic) bond motifs is 2. The molecule has 28 heavy (non-hydrogen) atoms. The number of hydrogen-bond donors (Lipinski definition) is 1. The predicted molar refractivity (Wildman–Crippen MR) is 101 cm³/mol. The van der Waals surface area contributed by atoms with E-state index in [0.717, 1.165) is 0 Å². The molecule has 8 heteroatoms. The summed E-state index contributed by atoms with van der Waals surface area (Å²) in [6.45, 7) is 1.86. The summed E-state index contributed by atoms with van der Waals surface area (Å²) in [5, 5.41) is 11.3. The number of carbonyl (C=O) groups is 2. The molecule has 0 amide bonds. The van der Waals surface area contributed by atoms with Crippen molar-refractivity contribution in [3.05, 3.63) is 59.7 Å². The zero-order chi connectivity index (χ0) is 19.8. The highest BCUT2D eigenvalue weighted by Gasteiger charge is 2.25. The minimum absolute atomic E-state index is 0.0230. The van der Waals surface area contributed by atoms with Gasteiger partial charge in [0.25, 0.3) is 0 Å². The van der Waals surface area contributed by atoms with E-state index in [1.807, 2.05) is 12.1 Å². The average Bonchev–Trinajstić information content (AvgIpc) is 2.97. The van der Waals surface area contributed by atoms with Crippen molar-refractivity contribution in [1.29, 1.82) is 0 Å². The third kappa shape index (κ3) is 2.71. The van der Waals surface area contributed by atoms with E-state index in [1.165, 1.54) is 16.7 Å². The predicted octanol–water partition coefficient (Wildman–Crippen LogP) is 1.70. The molecule has 0 fully saturated rings. The summed E-state index contributed by atoms with van der Waals surface area (Å²) in [6.07, 6.45) is 0. The average molecular weight is 375 g/mol. The number of rotatable bonds is 4. The Bertz CT molecular complexity index is 1250. The van der Waals surface area contributed by atoms with E-state index in [-0.39, 0.29) is 29.1 Å². The maximum absolute atomic E-state index is 12.5. The van der Waals surface area contributed by atoms with Gasteiger partial charge in [-0.3, -0.25) is 4.57 Å². The van der Waals surface area contributed by atoms with E-state index in [9.17, 15) is 14.7 Å². The number of benzene rings is 2. The highest BCUT2D eigenvalue weighted by Crippen LogP contribution is 2.31. The van der Waals surface area contributed by atoms with Crippen LogP contribution in [0.5, 0.6) is 0 Å². The molecular formula is C20H15N4O4-. The summed E-state index contributed by atoms with van der Waals surface area (Å²) >= 11 is 0. The summed E-state index contributed by atoms with van der Waals surface area (Å²) in [4.78, 5) is 33.0. The van der Waals surface area contributed by atoms with Crippen LogP contribution < -0.4 is 10.8 Å². The van der Waals surface area contributed by atoms with Crippen molar-refractivity contribution in [2.24, 2.45) is 0 Å². The van der Waals surface area contributed by atoms with E-state index >= 15 is 0 Å². The molecule has 4 aromatic rings. The third-order valence-corrected chi connectivity index (χ3v) is 4.32. The van der Waals surface area contributed by atoms with Gasteiger partial charge in [0.1, 0.15) is 16.9 Å². The number of carbonyl (C=O) groups excluding carboxylic acids is 2. The fourth-order valence-electron chi connectivity index (χ4n) is 3.10. The zero-order valence-corrected chi connectivity index (χ0v) is 14.9. The minimum Gasteiger partial charge on any atom is -0.545 e. The topological polar surface area (TPSA) is 123 Å². The van der Waals surface area contributed by atoms with Crippen LogP contribution in [-0.4, -0.2) is 33.1 Å². The van der Waals surface area contributed by atoms with Crippen molar-refractivity contribution in [3.8, 4) is 5.69 Å². The maximum atomic E-state index is 12.5. The van der Waals surface area contributed by atoms with Gasteiger partial charge in [-0.25, -0.2) is 14.8 Å². The molecule has 0 bridgehead atoms. The molecule has 0 aliphatic heterocycles. The van der Waals surface area contributed by atoms with Gasteiger partial charge in [0.05, 0.1) is 23.6 Å². The van der Waals surface area contributed by atoms with Crippen LogP contribution >= 0.6 is 0 Å². The third-order valence-electron chi connectivity index (χ3n) is 4.32. The summed E-state index contributed by atoms with van der Waals surface area (Å²) in [5.41, 5.74) is 8.60.